The molecule has 1 rings (SSSR count). The fourth-order valence-corrected chi connectivity index (χ4v) is 1.25. The van der Waals surface area contributed by atoms with Crippen LogP contribution in [0.5, 0.6) is 0 Å². The lowest BCUT2D eigenvalue weighted by atomic mass is 10.1. The zero-order valence-electron chi connectivity index (χ0n) is 8.27. The van der Waals surface area contributed by atoms with Gasteiger partial charge in [-0.3, -0.25) is 4.79 Å². The van der Waals surface area contributed by atoms with Crippen LogP contribution in [0.15, 0.2) is 18.2 Å². The predicted octanol–water partition coefficient (Wildman–Crippen LogP) is 2.97. The average Bonchev–Trinajstić information content (AvgIpc) is 2.05. The zero-order valence-corrected chi connectivity index (χ0v) is 8.27. The topological polar surface area (TPSA) is 29.1 Å². The summed E-state index contributed by atoms with van der Waals surface area (Å²) >= 11 is 0. The Bertz CT molecular complexity index is 385. The number of carbonyl (C=O) groups is 1. The van der Waals surface area contributed by atoms with Gasteiger partial charge in [0.15, 0.2) is 0 Å². The second kappa shape index (κ2) is 3.92. The molecule has 0 aromatic heterocycles. The minimum atomic E-state index is -4.45. The summed E-state index contributed by atoms with van der Waals surface area (Å²) < 4.78 is 37.6. The Kier molecular flexibility index (Phi) is 3.02. The molecule has 0 saturated carbocycles. The van der Waals surface area contributed by atoms with Crippen LogP contribution in [0.3, 0.4) is 0 Å². The number of benzene rings is 1. The van der Waals surface area contributed by atoms with Crippen LogP contribution in [0.1, 0.15) is 18.1 Å². The second-order valence-electron chi connectivity index (χ2n) is 3.18. The van der Waals surface area contributed by atoms with E-state index in [1.165, 1.54) is 26.0 Å². The molecule has 0 unspecified atom stereocenters. The number of halogens is 3. The van der Waals surface area contributed by atoms with Crippen molar-refractivity contribution in [3.63, 3.8) is 0 Å². The Morgan fingerprint density at radius 1 is 1.33 bits per heavy atom. The van der Waals surface area contributed by atoms with Gasteiger partial charge in [0.25, 0.3) is 0 Å². The third-order valence-electron chi connectivity index (χ3n) is 1.88. The molecule has 0 radical (unpaired) electrons. The molecule has 0 aliphatic rings. The predicted molar refractivity (Wildman–Crippen MR) is 50.5 cm³/mol. The quantitative estimate of drug-likeness (QED) is 0.769. The molecule has 1 amide bonds. The van der Waals surface area contributed by atoms with Gasteiger partial charge in [0.2, 0.25) is 5.91 Å². The average molecular weight is 217 g/mol. The van der Waals surface area contributed by atoms with Crippen molar-refractivity contribution in [2.45, 2.75) is 20.0 Å². The largest absolute Gasteiger partial charge is 0.418 e. The van der Waals surface area contributed by atoms with Crippen molar-refractivity contribution in [3.05, 3.63) is 29.3 Å². The van der Waals surface area contributed by atoms with Crippen molar-refractivity contribution >= 4 is 11.6 Å². The van der Waals surface area contributed by atoms with Crippen LogP contribution in [0.4, 0.5) is 18.9 Å². The summed E-state index contributed by atoms with van der Waals surface area (Å²) in [5.74, 6) is -0.519. The van der Waals surface area contributed by atoms with E-state index >= 15 is 0 Å². The van der Waals surface area contributed by atoms with Crippen LogP contribution in [-0.4, -0.2) is 5.91 Å². The number of amides is 1. The van der Waals surface area contributed by atoms with Gasteiger partial charge in [-0.2, -0.15) is 13.2 Å². The molecule has 0 aliphatic heterocycles. The number of aryl methyl sites for hydroxylation is 1. The standard InChI is InChI=1S/C10H10F3NO/c1-6-4-3-5-8(10(11,12)13)9(6)14-7(2)15/h3-5H,1-2H3,(H,14,15). The smallest absolute Gasteiger partial charge is 0.326 e. The number of rotatable bonds is 1. The summed E-state index contributed by atoms with van der Waals surface area (Å²) in [6.07, 6.45) is -4.45. The van der Waals surface area contributed by atoms with Crippen molar-refractivity contribution in [2.75, 3.05) is 5.32 Å². The van der Waals surface area contributed by atoms with Crippen LogP contribution in [-0.2, 0) is 11.0 Å². The lowest BCUT2D eigenvalue weighted by molar-refractivity contribution is -0.137. The first kappa shape index (κ1) is 11.6. The van der Waals surface area contributed by atoms with Gasteiger partial charge in [-0.1, -0.05) is 12.1 Å². The molecule has 0 atom stereocenters. The van der Waals surface area contributed by atoms with Crippen molar-refractivity contribution < 1.29 is 18.0 Å². The highest BCUT2D eigenvalue weighted by Gasteiger charge is 2.34. The first-order valence-corrected chi connectivity index (χ1v) is 4.27. The number of nitrogens with one attached hydrogen (secondary N) is 1. The summed E-state index contributed by atoms with van der Waals surface area (Å²) in [5.41, 5.74) is -0.602. The van der Waals surface area contributed by atoms with Crippen molar-refractivity contribution in [1.82, 2.24) is 0 Å². The second-order valence-corrected chi connectivity index (χ2v) is 3.18. The summed E-state index contributed by atoms with van der Waals surface area (Å²) in [6, 6.07) is 3.77. The van der Waals surface area contributed by atoms with Crippen molar-refractivity contribution in [1.29, 1.82) is 0 Å². The fourth-order valence-electron chi connectivity index (χ4n) is 1.25. The number of para-hydroxylation sites is 1. The van der Waals surface area contributed by atoms with Crippen LogP contribution >= 0.6 is 0 Å². The van der Waals surface area contributed by atoms with Gasteiger partial charge in [-0.05, 0) is 18.6 Å². The minimum Gasteiger partial charge on any atom is -0.326 e. The van der Waals surface area contributed by atoms with Gasteiger partial charge in [-0.25, -0.2) is 0 Å². The molecule has 5 heteroatoms. The molecular formula is C10H10F3NO. The van der Waals surface area contributed by atoms with E-state index in [2.05, 4.69) is 5.32 Å². The first-order valence-electron chi connectivity index (χ1n) is 4.27. The van der Waals surface area contributed by atoms with Gasteiger partial charge in [0.1, 0.15) is 0 Å². The molecular weight excluding hydrogens is 207 g/mol. The molecule has 1 aromatic rings. The highest BCUT2D eigenvalue weighted by molar-refractivity contribution is 5.90. The molecule has 0 bridgehead atoms. The molecule has 2 nitrogen and oxygen atoms in total. The van der Waals surface area contributed by atoms with Gasteiger partial charge in [0, 0.05) is 6.92 Å². The summed E-state index contributed by atoms with van der Waals surface area (Å²) in [6.45, 7) is 2.69. The third-order valence-corrected chi connectivity index (χ3v) is 1.88. The number of hydrogen-bond donors (Lipinski definition) is 1. The van der Waals surface area contributed by atoms with E-state index in [0.29, 0.717) is 5.56 Å². The molecule has 1 N–H and O–H groups in total. The molecule has 0 aliphatic carbocycles. The zero-order chi connectivity index (χ0) is 11.6. The maximum absolute atomic E-state index is 12.5. The van der Waals surface area contributed by atoms with E-state index in [1.54, 1.807) is 0 Å². The number of carbonyl (C=O) groups excluding carboxylic acids is 1. The van der Waals surface area contributed by atoms with E-state index in [9.17, 15) is 18.0 Å². The Morgan fingerprint density at radius 3 is 2.40 bits per heavy atom. The Morgan fingerprint density at radius 2 is 1.93 bits per heavy atom. The van der Waals surface area contributed by atoms with Crippen LogP contribution in [0.25, 0.3) is 0 Å². The monoisotopic (exact) mass is 217 g/mol. The molecule has 0 fully saturated rings. The molecule has 15 heavy (non-hydrogen) atoms. The third kappa shape index (κ3) is 2.71. The lowest BCUT2D eigenvalue weighted by Crippen LogP contribution is -2.14. The van der Waals surface area contributed by atoms with Crippen LogP contribution < -0.4 is 5.32 Å². The Labute approximate surface area is 85.1 Å². The maximum atomic E-state index is 12.5. The normalized spacial score (nSPS) is 11.3. The Hall–Kier alpha value is -1.52. The van der Waals surface area contributed by atoms with E-state index in [4.69, 9.17) is 0 Å². The van der Waals surface area contributed by atoms with E-state index < -0.39 is 17.6 Å². The Balaban J connectivity index is 3.26. The first-order chi connectivity index (χ1) is 6.82. The van der Waals surface area contributed by atoms with E-state index in [1.807, 2.05) is 0 Å². The van der Waals surface area contributed by atoms with Gasteiger partial charge in [0.05, 0.1) is 11.3 Å². The van der Waals surface area contributed by atoms with Gasteiger partial charge < -0.3 is 5.32 Å². The number of anilines is 1. The number of alkyl halides is 3. The van der Waals surface area contributed by atoms with E-state index in [0.717, 1.165) is 6.07 Å². The molecule has 0 spiro atoms. The SMILES string of the molecule is CC(=O)Nc1c(C)cccc1C(F)(F)F. The lowest BCUT2D eigenvalue weighted by Gasteiger charge is -2.14. The highest BCUT2D eigenvalue weighted by Crippen LogP contribution is 2.36. The maximum Gasteiger partial charge on any atom is 0.418 e. The van der Waals surface area contributed by atoms with E-state index in [-0.39, 0.29) is 5.69 Å². The molecule has 0 heterocycles. The fraction of sp³-hybridized carbons (Fsp3) is 0.300. The molecule has 82 valence electrons. The van der Waals surface area contributed by atoms with Crippen LogP contribution in [0.2, 0.25) is 0 Å². The molecule has 1 aromatic carbocycles. The highest BCUT2D eigenvalue weighted by atomic mass is 19.4. The summed E-state index contributed by atoms with van der Waals surface area (Å²) in [7, 11) is 0. The van der Waals surface area contributed by atoms with Crippen molar-refractivity contribution in [3.8, 4) is 0 Å². The van der Waals surface area contributed by atoms with Crippen LogP contribution in [0, 0.1) is 6.92 Å². The molecule has 0 saturated heterocycles. The van der Waals surface area contributed by atoms with Crippen molar-refractivity contribution in [2.24, 2.45) is 0 Å². The number of hydrogen-bond acceptors (Lipinski definition) is 1. The van der Waals surface area contributed by atoms with Gasteiger partial charge >= 0.3 is 6.18 Å². The summed E-state index contributed by atoms with van der Waals surface area (Å²) in [4.78, 5) is 10.8. The summed E-state index contributed by atoms with van der Waals surface area (Å²) in [5, 5.41) is 2.19. The minimum absolute atomic E-state index is 0.169. The van der Waals surface area contributed by atoms with Gasteiger partial charge in [-0.15, -0.1) is 0 Å².